The first-order valence-electron chi connectivity index (χ1n) is 4.74. The lowest BCUT2D eigenvalue weighted by Gasteiger charge is -2.31. The predicted molar refractivity (Wildman–Crippen MR) is 56.5 cm³/mol. The number of hydrogen-bond donors (Lipinski definition) is 1. The summed E-state index contributed by atoms with van der Waals surface area (Å²) in [6.07, 6.45) is 5.25. The fourth-order valence-corrected chi connectivity index (χ4v) is 1.86. The lowest BCUT2D eigenvalue weighted by molar-refractivity contribution is 0.498. The third kappa shape index (κ3) is 1.96. The van der Waals surface area contributed by atoms with Crippen LogP contribution in [0.4, 0.5) is 5.82 Å². The van der Waals surface area contributed by atoms with E-state index in [1.54, 1.807) is 12.4 Å². The smallest absolute Gasteiger partial charge is 0.171 e. The quantitative estimate of drug-likeness (QED) is 0.757. The Kier molecular flexibility index (Phi) is 2.84. The molecule has 1 aromatic rings. The number of halogens is 1. The summed E-state index contributed by atoms with van der Waals surface area (Å²) >= 11 is 5.95. The highest BCUT2D eigenvalue weighted by Gasteiger charge is 2.19. The maximum absolute atomic E-state index is 5.95. The molecule has 2 N–H and O–H groups in total. The minimum absolute atomic E-state index is 0.321. The molecule has 0 radical (unpaired) electrons. The monoisotopic (exact) mass is 212 g/mol. The molecule has 0 unspecified atom stereocenters. The van der Waals surface area contributed by atoms with Crippen LogP contribution in [0.1, 0.15) is 12.8 Å². The van der Waals surface area contributed by atoms with E-state index in [1.165, 1.54) is 0 Å². The molecule has 1 fully saturated rings. The molecule has 1 aliphatic rings. The topological polar surface area (TPSA) is 55.0 Å². The van der Waals surface area contributed by atoms with Crippen LogP contribution in [0.3, 0.4) is 0 Å². The molecule has 14 heavy (non-hydrogen) atoms. The minimum atomic E-state index is 0.321. The molecule has 0 aliphatic carbocycles. The van der Waals surface area contributed by atoms with Gasteiger partial charge in [0.15, 0.2) is 11.0 Å². The maximum Gasteiger partial charge on any atom is 0.171 e. The van der Waals surface area contributed by atoms with Gasteiger partial charge in [0.2, 0.25) is 0 Å². The largest absolute Gasteiger partial charge is 0.354 e. The van der Waals surface area contributed by atoms with Gasteiger partial charge in [-0.25, -0.2) is 9.97 Å². The molecular weight excluding hydrogens is 200 g/mol. The molecule has 1 saturated heterocycles. The summed E-state index contributed by atoms with van der Waals surface area (Å²) in [5, 5.41) is 0.475. The third-order valence-corrected chi connectivity index (χ3v) is 2.74. The maximum atomic E-state index is 5.95. The molecule has 2 heterocycles. The summed E-state index contributed by atoms with van der Waals surface area (Å²) in [4.78, 5) is 10.4. The highest BCUT2D eigenvalue weighted by Crippen LogP contribution is 2.22. The first-order chi connectivity index (χ1) is 6.77. The van der Waals surface area contributed by atoms with Gasteiger partial charge in [-0.15, -0.1) is 0 Å². The summed E-state index contributed by atoms with van der Waals surface area (Å²) in [5.41, 5.74) is 5.82. The predicted octanol–water partition coefficient (Wildman–Crippen LogP) is 1.06. The van der Waals surface area contributed by atoms with E-state index in [9.17, 15) is 0 Å². The van der Waals surface area contributed by atoms with Crippen LogP contribution in [0, 0.1) is 0 Å². The van der Waals surface area contributed by atoms with Gasteiger partial charge in [0, 0.05) is 31.5 Å². The molecule has 4 nitrogen and oxygen atoms in total. The molecule has 1 aliphatic heterocycles. The number of piperidine rings is 1. The second-order valence-corrected chi connectivity index (χ2v) is 3.85. The average molecular weight is 213 g/mol. The molecular formula is C9H13ClN4. The Morgan fingerprint density at radius 2 is 1.93 bits per heavy atom. The fraction of sp³-hybridized carbons (Fsp3) is 0.556. The van der Waals surface area contributed by atoms with Gasteiger partial charge < -0.3 is 10.6 Å². The first kappa shape index (κ1) is 9.68. The molecule has 0 spiro atoms. The molecule has 0 bridgehead atoms. The van der Waals surface area contributed by atoms with E-state index in [1.807, 2.05) is 0 Å². The van der Waals surface area contributed by atoms with Crippen LogP contribution in [-0.2, 0) is 0 Å². The normalized spacial score (nSPS) is 18.6. The van der Waals surface area contributed by atoms with E-state index >= 15 is 0 Å². The van der Waals surface area contributed by atoms with Crippen molar-refractivity contribution in [3.63, 3.8) is 0 Å². The number of rotatable bonds is 1. The molecule has 0 saturated carbocycles. The zero-order valence-electron chi connectivity index (χ0n) is 7.86. The third-order valence-electron chi connectivity index (χ3n) is 2.48. The van der Waals surface area contributed by atoms with Gasteiger partial charge in [-0.05, 0) is 12.8 Å². The van der Waals surface area contributed by atoms with Crippen LogP contribution in [0.15, 0.2) is 12.4 Å². The van der Waals surface area contributed by atoms with E-state index in [0.29, 0.717) is 11.2 Å². The van der Waals surface area contributed by atoms with Crippen molar-refractivity contribution in [1.29, 1.82) is 0 Å². The minimum Gasteiger partial charge on any atom is -0.354 e. The van der Waals surface area contributed by atoms with E-state index in [0.717, 1.165) is 31.7 Å². The van der Waals surface area contributed by atoms with Crippen molar-refractivity contribution in [1.82, 2.24) is 9.97 Å². The van der Waals surface area contributed by atoms with Crippen molar-refractivity contribution in [3.8, 4) is 0 Å². The summed E-state index contributed by atoms with van der Waals surface area (Å²) < 4.78 is 0. The van der Waals surface area contributed by atoms with Crippen LogP contribution in [-0.4, -0.2) is 29.1 Å². The number of aromatic nitrogens is 2. The first-order valence-corrected chi connectivity index (χ1v) is 5.12. The Balaban J connectivity index is 2.12. The molecule has 0 atom stereocenters. The van der Waals surface area contributed by atoms with Crippen molar-refractivity contribution in [2.75, 3.05) is 18.0 Å². The summed E-state index contributed by atoms with van der Waals surface area (Å²) in [6, 6.07) is 0.321. The molecule has 5 heteroatoms. The van der Waals surface area contributed by atoms with Crippen LogP contribution < -0.4 is 10.6 Å². The Morgan fingerprint density at radius 1 is 1.29 bits per heavy atom. The average Bonchev–Trinajstić information content (AvgIpc) is 2.20. The number of hydrogen-bond acceptors (Lipinski definition) is 4. The van der Waals surface area contributed by atoms with Crippen molar-refractivity contribution < 1.29 is 0 Å². The highest BCUT2D eigenvalue weighted by atomic mass is 35.5. The van der Waals surface area contributed by atoms with Gasteiger partial charge in [0.05, 0.1) is 0 Å². The fourth-order valence-electron chi connectivity index (χ4n) is 1.64. The van der Waals surface area contributed by atoms with E-state index < -0.39 is 0 Å². The van der Waals surface area contributed by atoms with Crippen molar-refractivity contribution >= 4 is 17.4 Å². The molecule has 0 amide bonds. The van der Waals surface area contributed by atoms with Crippen molar-refractivity contribution in [2.24, 2.45) is 5.73 Å². The Hall–Kier alpha value is -0.870. The Morgan fingerprint density at radius 3 is 2.57 bits per heavy atom. The van der Waals surface area contributed by atoms with Gasteiger partial charge in [-0.3, -0.25) is 0 Å². The summed E-state index contributed by atoms with van der Waals surface area (Å²) in [7, 11) is 0. The van der Waals surface area contributed by atoms with Gasteiger partial charge >= 0.3 is 0 Å². The van der Waals surface area contributed by atoms with Crippen LogP contribution in [0.2, 0.25) is 5.15 Å². The van der Waals surface area contributed by atoms with Crippen LogP contribution >= 0.6 is 11.6 Å². The van der Waals surface area contributed by atoms with Crippen LogP contribution in [0.5, 0.6) is 0 Å². The molecule has 0 aromatic carbocycles. The van der Waals surface area contributed by atoms with Gasteiger partial charge in [-0.2, -0.15) is 0 Å². The zero-order chi connectivity index (χ0) is 9.97. The molecule has 76 valence electrons. The Labute approximate surface area is 88.1 Å². The lowest BCUT2D eigenvalue weighted by atomic mass is 10.1. The number of anilines is 1. The van der Waals surface area contributed by atoms with Gasteiger partial charge in [0.1, 0.15) is 0 Å². The number of nitrogens with two attached hydrogens (primary N) is 1. The van der Waals surface area contributed by atoms with E-state index in [4.69, 9.17) is 17.3 Å². The summed E-state index contributed by atoms with van der Waals surface area (Å²) in [6.45, 7) is 1.83. The van der Waals surface area contributed by atoms with Crippen molar-refractivity contribution in [3.05, 3.63) is 17.5 Å². The molecule has 1 aromatic heterocycles. The standard InChI is InChI=1S/C9H13ClN4/c10-8-9(13-4-3-12-8)14-5-1-7(11)2-6-14/h3-4,7H,1-2,5-6,11H2. The second kappa shape index (κ2) is 4.11. The highest BCUT2D eigenvalue weighted by molar-refractivity contribution is 6.31. The lowest BCUT2D eigenvalue weighted by Crippen LogP contribution is -2.40. The van der Waals surface area contributed by atoms with E-state index in [2.05, 4.69) is 14.9 Å². The summed E-state index contributed by atoms with van der Waals surface area (Å²) in [5.74, 6) is 0.779. The SMILES string of the molecule is NC1CCN(c2nccnc2Cl)CC1. The van der Waals surface area contributed by atoms with Gasteiger partial charge in [0.25, 0.3) is 0 Å². The second-order valence-electron chi connectivity index (χ2n) is 3.50. The molecule has 2 rings (SSSR count). The van der Waals surface area contributed by atoms with Gasteiger partial charge in [-0.1, -0.05) is 11.6 Å². The van der Waals surface area contributed by atoms with Crippen LogP contribution in [0.25, 0.3) is 0 Å². The number of nitrogens with zero attached hydrogens (tertiary/aromatic N) is 3. The zero-order valence-corrected chi connectivity index (χ0v) is 8.61. The van der Waals surface area contributed by atoms with E-state index in [-0.39, 0.29) is 0 Å². The van der Waals surface area contributed by atoms with Crippen molar-refractivity contribution in [2.45, 2.75) is 18.9 Å². The Bertz CT molecular complexity index is 309.